The minimum Gasteiger partial charge on any atom is -0.462 e. The lowest BCUT2D eigenvalue weighted by Gasteiger charge is -2.09. The highest BCUT2D eigenvalue weighted by Gasteiger charge is 2.14. The number of ether oxygens (including phenoxy) is 1. The third-order valence-corrected chi connectivity index (χ3v) is 4.79. The first-order chi connectivity index (χ1) is 12.0. The standard InChI is InChI=1S/C18H18N2O4S/c1-2-3-12-24-18(21)15-6-8-16(9-7-15)20-25(22,23)17-10-4-14(13-19)5-11-17/h4-11,20H,2-3,12H2,1H3. The van der Waals surface area contributed by atoms with E-state index in [1.165, 1.54) is 48.5 Å². The van der Waals surface area contributed by atoms with Crippen molar-refractivity contribution in [3.63, 3.8) is 0 Å². The number of hydrogen-bond acceptors (Lipinski definition) is 5. The molecule has 0 unspecified atom stereocenters. The highest BCUT2D eigenvalue weighted by molar-refractivity contribution is 7.92. The first kappa shape index (κ1) is 18.5. The van der Waals surface area contributed by atoms with Gasteiger partial charge in [-0.3, -0.25) is 4.72 Å². The Morgan fingerprint density at radius 1 is 1.12 bits per heavy atom. The fraction of sp³-hybridized carbons (Fsp3) is 0.222. The molecule has 0 radical (unpaired) electrons. The van der Waals surface area contributed by atoms with Crippen molar-refractivity contribution in [3.05, 3.63) is 59.7 Å². The monoisotopic (exact) mass is 358 g/mol. The molecule has 0 aliphatic heterocycles. The second kappa shape index (κ2) is 8.31. The molecular formula is C18H18N2O4S. The molecule has 0 aromatic heterocycles. The number of anilines is 1. The molecule has 2 aromatic rings. The van der Waals surface area contributed by atoms with Gasteiger partial charge in [0.15, 0.2) is 0 Å². The Labute approximate surface area is 147 Å². The number of benzene rings is 2. The van der Waals surface area contributed by atoms with Crippen molar-refractivity contribution in [2.45, 2.75) is 24.7 Å². The summed E-state index contributed by atoms with van der Waals surface area (Å²) < 4.78 is 32.1. The van der Waals surface area contributed by atoms with E-state index in [4.69, 9.17) is 10.00 Å². The van der Waals surface area contributed by atoms with Crippen LogP contribution in [0.3, 0.4) is 0 Å². The highest BCUT2D eigenvalue weighted by Crippen LogP contribution is 2.17. The van der Waals surface area contributed by atoms with Gasteiger partial charge in [-0.05, 0) is 55.0 Å². The van der Waals surface area contributed by atoms with Gasteiger partial charge in [-0.25, -0.2) is 13.2 Å². The third-order valence-electron chi connectivity index (χ3n) is 3.40. The highest BCUT2D eigenvalue weighted by atomic mass is 32.2. The summed E-state index contributed by atoms with van der Waals surface area (Å²) in [5.74, 6) is -0.435. The van der Waals surface area contributed by atoms with Crippen molar-refractivity contribution in [2.75, 3.05) is 11.3 Å². The zero-order valence-electron chi connectivity index (χ0n) is 13.7. The van der Waals surface area contributed by atoms with Crippen molar-refractivity contribution in [1.82, 2.24) is 0 Å². The molecule has 0 spiro atoms. The zero-order valence-corrected chi connectivity index (χ0v) is 14.5. The predicted octanol–water partition coefficient (Wildman–Crippen LogP) is 3.32. The number of carbonyl (C=O) groups is 1. The van der Waals surface area contributed by atoms with Crippen LogP contribution in [0.15, 0.2) is 53.4 Å². The van der Waals surface area contributed by atoms with Crippen LogP contribution >= 0.6 is 0 Å². The Balaban J connectivity index is 2.06. The summed E-state index contributed by atoms with van der Waals surface area (Å²) in [6.45, 7) is 2.37. The molecule has 0 aliphatic rings. The number of esters is 1. The average molecular weight is 358 g/mol. The molecule has 0 saturated heterocycles. The van der Waals surface area contributed by atoms with Crippen molar-refractivity contribution >= 4 is 21.7 Å². The Kier molecular flexibility index (Phi) is 6.14. The number of nitrogens with one attached hydrogen (secondary N) is 1. The molecule has 7 heteroatoms. The maximum absolute atomic E-state index is 12.3. The summed E-state index contributed by atoms with van der Waals surface area (Å²) in [4.78, 5) is 11.9. The number of nitriles is 1. The number of rotatable bonds is 7. The molecule has 6 nitrogen and oxygen atoms in total. The van der Waals surface area contributed by atoms with Crippen LogP contribution in [0, 0.1) is 11.3 Å². The summed E-state index contributed by atoms with van der Waals surface area (Å²) in [7, 11) is -3.76. The Morgan fingerprint density at radius 3 is 2.32 bits per heavy atom. The van der Waals surface area contributed by atoms with Gasteiger partial charge in [-0.15, -0.1) is 0 Å². The molecule has 2 rings (SSSR count). The van der Waals surface area contributed by atoms with Crippen molar-refractivity contribution in [3.8, 4) is 6.07 Å². The largest absolute Gasteiger partial charge is 0.462 e. The first-order valence-electron chi connectivity index (χ1n) is 7.76. The van der Waals surface area contributed by atoms with Gasteiger partial charge in [0, 0.05) is 5.69 Å². The lowest BCUT2D eigenvalue weighted by molar-refractivity contribution is 0.0500. The number of carbonyl (C=O) groups excluding carboxylic acids is 1. The molecule has 0 aliphatic carbocycles. The van der Waals surface area contributed by atoms with E-state index in [1.807, 2.05) is 13.0 Å². The molecule has 0 amide bonds. The van der Waals surface area contributed by atoms with Gasteiger partial charge < -0.3 is 4.74 Å². The van der Waals surface area contributed by atoms with Crippen LogP contribution in [-0.4, -0.2) is 21.0 Å². The SMILES string of the molecule is CCCCOC(=O)c1ccc(NS(=O)(=O)c2ccc(C#N)cc2)cc1. The second-order valence-electron chi connectivity index (χ2n) is 5.31. The van der Waals surface area contributed by atoms with Gasteiger partial charge in [0.2, 0.25) is 0 Å². The first-order valence-corrected chi connectivity index (χ1v) is 9.25. The van der Waals surface area contributed by atoms with Crippen LogP contribution in [-0.2, 0) is 14.8 Å². The van der Waals surface area contributed by atoms with E-state index in [0.717, 1.165) is 12.8 Å². The summed E-state index contributed by atoms with van der Waals surface area (Å²) in [5.41, 5.74) is 1.07. The fourth-order valence-corrected chi connectivity index (χ4v) is 3.05. The summed E-state index contributed by atoms with van der Waals surface area (Å²) in [5, 5.41) is 8.75. The van der Waals surface area contributed by atoms with E-state index in [0.29, 0.717) is 23.4 Å². The predicted molar refractivity (Wildman–Crippen MR) is 93.6 cm³/mol. The lowest BCUT2D eigenvalue weighted by Crippen LogP contribution is -2.13. The van der Waals surface area contributed by atoms with E-state index in [1.54, 1.807) is 0 Å². The molecule has 0 heterocycles. The molecule has 0 saturated carbocycles. The zero-order chi connectivity index (χ0) is 18.3. The smallest absolute Gasteiger partial charge is 0.338 e. The average Bonchev–Trinajstić information content (AvgIpc) is 2.62. The van der Waals surface area contributed by atoms with Crippen molar-refractivity contribution < 1.29 is 17.9 Å². The molecular weight excluding hydrogens is 340 g/mol. The Bertz CT molecular complexity index is 867. The maximum atomic E-state index is 12.3. The van der Waals surface area contributed by atoms with E-state index >= 15 is 0 Å². The molecule has 0 atom stereocenters. The van der Waals surface area contributed by atoms with E-state index in [-0.39, 0.29) is 4.90 Å². The van der Waals surface area contributed by atoms with Crippen LogP contribution < -0.4 is 4.72 Å². The molecule has 0 fully saturated rings. The van der Waals surface area contributed by atoms with E-state index in [9.17, 15) is 13.2 Å². The number of nitrogens with zero attached hydrogens (tertiary/aromatic N) is 1. The molecule has 1 N–H and O–H groups in total. The van der Waals surface area contributed by atoms with Crippen molar-refractivity contribution in [1.29, 1.82) is 5.26 Å². The van der Waals surface area contributed by atoms with E-state index in [2.05, 4.69) is 4.72 Å². The van der Waals surface area contributed by atoms with E-state index < -0.39 is 16.0 Å². The van der Waals surface area contributed by atoms with Gasteiger partial charge in [-0.2, -0.15) is 5.26 Å². The van der Waals surface area contributed by atoms with Gasteiger partial charge in [0.05, 0.1) is 28.7 Å². The quantitative estimate of drug-likeness (QED) is 0.605. The number of unbranched alkanes of at least 4 members (excludes halogenated alkanes) is 1. The normalized spacial score (nSPS) is 10.7. The van der Waals surface area contributed by atoms with Crippen LogP contribution in [0.2, 0.25) is 0 Å². The van der Waals surface area contributed by atoms with Gasteiger partial charge in [0.25, 0.3) is 10.0 Å². The maximum Gasteiger partial charge on any atom is 0.338 e. The fourth-order valence-electron chi connectivity index (χ4n) is 1.99. The minimum atomic E-state index is -3.76. The molecule has 0 bridgehead atoms. The Morgan fingerprint density at radius 2 is 1.76 bits per heavy atom. The van der Waals surface area contributed by atoms with Crippen LogP contribution in [0.4, 0.5) is 5.69 Å². The number of hydrogen-bond donors (Lipinski definition) is 1. The molecule has 2 aromatic carbocycles. The third kappa shape index (κ3) is 5.06. The van der Waals surface area contributed by atoms with Crippen molar-refractivity contribution in [2.24, 2.45) is 0 Å². The topological polar surface area (TPSA) is 96.3 Å². The van der Waals surface area contributed by atoms with Gasteiger partial charge >= 0.3 is 5.97 Å². The summed E-state index contributed by atoms with van der Waals surface area (Å²) in [6, 6.07) is 13.5. The van der Waals surface area contributed by atoms with Gasteiger partial charge in [-0.1, -0.05) is 13.3 Å². The summed E-state index contributed by atoms with van der Waals surface area (Å²) in [6.07, 6.45) is 1.73. The lowest BCUT2D eigenvalue weighted by atomic mass is 10.2. The minimum absolute atomic E-state index is 0.0505. The van der Waals surface area contributed by atoms with Crippen LogP contribution in [0.1, 0.15) is 35.7 Å². The second-order valence-corrected chi connectivity index (χ2v) is 6.99. The summed E-state index contributed by atoms with van der Waals surface area (Å²) >= 11 is 0. The number of sulfonamides is 1. The van der Waals surface area contributed by atoms with Crippen LogP contribution in [0.5, 0.6) is 0 Å². The Hall–Kier alpha value is -2.85. The molecule has 25 heavy (non-hydrogen) atoms. The molecule has 130 valence electrons. The van der Waals surface area contributed by atoms with Crippen LogP contribution in [0.25, 0.3) is 0 Å². The van der Waals surface area contributed by atoms with Gasteiger partial charge in [0.1, 0.15) is 0 Å².